The zero-order valence-corrected chi connectivity index (χ0v) is 12.2. The van der Waals surface area contributed by atoms with Gasteiger partial charge in [-0.25, -0.2) is 0 Å². The van der Waals surface area contributed by atoms with Gasteiger partial charge in [0.05, 0.1) is 6.61 Å². The fourth-order valence-electron chi connectivity index (χ4n) is 2.13. The smallest absolute Gasteiger partial charge is 0.120 e. The normalized spacial score (nSPS) is 23.9. The quantitative estimate of drug-likeness (QED) is 0.920. The number of ether oxygens (including phenoxy) is 1. The van der Waals surface area contributed by atoms with Crippen LogP contribution in [0.2, 0.25) is 0 Å². The Morgan fingerprint density at radius 1 is 1.24 bits per heavy atom. The zero-order valence-electron chi connectivity index (χ0n) is 9.77. The fraction of sp³-hybridized carbons (Fsp3) is 0.538. The van der Waals surface area contributed by atoms with Gasteiger partial charge in [0.2, 0.25) is 0 Å². The third-order valence-electron chi connectivity index (χ3n) is 3.17. The van der Waals surface area contributed by atoms with E-state index in [1.54, 1.807) is 0 Å². The van der Waals surface area contributed by atoms with Crippen molar-refractivity contribution in [3.8, 4) is 5.75 Å². The standard InChI is InChI=1S/C13H18BrNO.ClH/c14-11-2-1-3-13(8-11)16-9-10-4-6-12(15)7-5-10;/h1-3,8,10,12H,4-7,9,15H2;1H. The summed E-state index contributed by atoms with van der Waals surface area (Å²) in [6, 6.07) is 8.43. The minimum Gasteiger partial charge on any atom is -0.493 e. The van der Waals surface area contributed by atoms with Crippen molar-refractivity contribution in [3.63, 3.8) is 0 Å². The number of hydrogen-bond donors (Lipinski definition) is 1. The lowest BCUT2D eigenvalue weighted by molar-refractivity contribution is 0.200. The van der Waals surface area contributed by atoms with Crippen molar-refractivity contribution in [1.82, 2.24) is 0 Å². The average molecular weight is 321 g/mol. The lowest BCUT2D eigenvalue weighted by Crippen LogP contribution is -2.28. The summed E-state index contributed by atoms with van der Waals surface area (Å²) < 4.78 is 6.86. The van der Waals surface area contributed by atoms with E-state index < -0.39 is 0 Å². The van der Waals surface area contributed by atoms with Gasteiger partial charge in [-0.3, -0.25) is 0 Å². The molecule has 2 N–H and O–H groups in total. The fourth-order valence-corrected chi connectivity index (χ4v) is 2.50. The summed E-state index contributed by atoms with van der Waals surface area (Å²) in [5.41, 5.74) is 5.88. The summed E-state index contributed by atoms with van der Waals surface area (Å²) in [6.45, 7) is 0.823. The zero-order chi connectivity index (χ0) is 11.4. The van der Waals surface area contributed by atoms with Crippen molar-refractivity contribution >= 4 is 28.3 Å². The van der Waals surface area contributed by atoms with Gasteiger partial charge >= 0.3 is 0 Å². The molecule has 0 heterocycles. The van der Waals surface area contributed by atoms with Gasteiger partial charge < -0.3 is 10.5 Å². The Balaban J connectivity index is 0.00000144. The molecule has 2 rings (SSSR count). The first-order valence-electron chi connectivity index (χ1n) is 5.88. The van der Waals surface area contributed by atoms with Crippen molar-refractivity contribution < 1.29 is 4.74 Å². The summed E-state index contributed by atoms with van der Waals surface area (Å²) in [4.78, 5) is 0. The van der Waals surface area contributed by atoms with E-state index in [0.717, 1.165) is 29.7 Å². The van der Waals surface area contributed by atoms with E-state index in [-0.39, 0.29) is 12.4 Å². The van der Waals surface area contributed by atoms with Gasteiger partial charge in [-0.15, -0.1) is 12.4 Å². The van der Waals surface area contributed by atoms with Crippen LogP contribution in [0.25, 0.3) is 0 Å². The highest BCUT2D eigenvalue weighted by atomic mass is 79.9. The Morgan fingerprint density at radius 2 is 1.94 bits per heavy atom. The maximum atomic E-state index is 5.88. The molecule has 4 heteroatoms. The number of halogens is 2. The van der Waals surface area contributed by atoms with E-state index in [0.29, 0.717) is 12.0 Å². The second kappa shape index (κ2) is 7.24. The number of benzene rings is 1. The summed E-state index contributed by atoms with van der Waals surface area (Å²) in [5.74, 6) is 1.63. The molecule has 0 bridgehead atoms. The van der Waals surface area contributed by atoms with Crippen LogP contribution >= 0.6 is 28.3 Å². The van der Waals surface area contributed by atoms with Crippen LogP contribution in [0, 0.1) is 5.92 Å². The van der Waals surface area contributed by atoms with Gasteiger partial charge in [0, 0.05) is 10.5 Å². The molecule has 96 valence electrons. The molecule has 0 aliphatic heterocycles. The topological polar surface area (TPSA) is 35.2 Å². The summed E-state index contributed by atoms with van der Waals surface area (Å²) in [7, 11) is 0. The van der Waals surface area contributed by atoms with Gasteiger partial charge in [-0.05, 0) is 49.8 Å². The molecule has 0 amide bonds. The van der Waals surface area contributed by atoms with E-state index in [4.69, 9.17) is 10.5 Å². The molecule has 17 heavy (non-hydrogen) atoms. The lowest BCUT2D eigenvalue weighted by atomic mass is 9.87. The lowest BCUT2D eigenvalue weighted by Gasteiger charge is -2.25. The minimum absolute atomic E-state index is 0. The summed E-state index contributed by atoms with van der Waals surface area (Å²) in [5, 5.41) is 0. The molecule has 0 saturated heterocycles. The van der Waals surface area contributed by atoms with Gasteiger partial charge in [-0.1, -0.05) is 22.0 Å². The Morgan fingerprint density at radius 3 is 2.59 bits per heavy atom. The van der Waals surface area contributed by atoms with Crippen LogP contribution in [0.15, 0.2) is 28.7 Å². The molecule has 1 aromatic rings. The van der Waals surface area contributed by atoms with E-state index in [1.165, 1.54) is 12.8 Å². The summed E-state index contributed by atoms with van der Waals surface area (Å²) >= 11 is 3.44. The molecule has 0 spiro atoms. The molecule has 0 unspecified atom stereocenters. The van der Waals surface area contributed by atoms with Crippen LogP contribution in [0.1, 0.15) is 25.7 Å². The molecule has 0 aromatic heterocycles. The first-order valence-corrected chi connectivity index (χ1v) is 6.67. The van der Waals surface area contributed by atoms with Crippen LogP contribution in [-0.4, -0.2) is 12.6 Å². The van der Waals surface area contributed by atoms with Crippen molar-refractivity contribution in [3.05, 3.63) is 28.7 Å². The highest BCUT2D eigenvalue weighted by Crippen LogP contribution is 2.25. The highest BCUT2D eigenvalue weighted by Gasteiger charge is 2.18. The van der Waals surface area contributed by atoms with E-state index in [1.807, 2.05) is 24.3 Å². The Labute approximate surface area is 117 Å². The van der Waals surface area contributed by atoms with Gasteiger partial charge in [0.1, 0.15) is 5.75 Å². The van der Waals surface area contributed by atoms with Crippen LogP contribution < -0.4 is 10.5 Å². The molecular weight excluding hydrogens is 302 g/mol. The van der Waals surface area contributed by atoms with Crippen molar-refractivity contribution in [2.24, 2.45) is 11.7 Å². The van der Waals surface area contributed by atoms with Crippen LogP contribution in [0.4, 0.5) is 0 Å². The Kier molecular flexibility index (Phi) is 6.31. The van der Waals surface area contributed by atoms with E-state index >= 15 is 0 Å². The minimum atomic E-state index is 0. The Bertz CT molecular complexity index is 340. The van der Waals surface area contributed by atoms with Crippen LogP contribution in [-0.2, 0) is 0 Å². The molecule has 1 fully saturated rings. The summed E-state index contributed by atoms with van der Waals surface area (Å²) in [6.07, 6.45) is 4.70. The monoisotopic (exact) mass is 319 g/mol. The largest absolute Gasteiger partial charge is 0.493 e. The van der Waals surface area contributed by atoms with E-state index in [2.05, 4.69) is 15.9 Å². The second-order valence-corrected chi connectivity index (χ2v) is 5.46. The average Bonchev–Trinajstić information content (AvgIpc) is 2.28. The molecule has 0 radical (unpaired) electrons. The maximum Gasteiger partial charge on any atom is 0.120 e. The molecule has 1 aliphatic carbocycles. The molecular formula is C13H19BrClNO. The van der Waals surface area contributed by atoms with Crippen molar-refractivity contribution in [2.45, 2.75) is 31.7 Å². The molecule has 2 nitrogen and oxygen atoms in total. The Hall–Kier alpha value is -0.250. The van der Waals surface area contributed by atoms with Crippen LogP contribution in [0.5, 0.6) is 5.75 Å². The second-order valence-electron chi connectivity index (χ2n) is 4.55. The number of rotatable bonds is 3. The number of nitrogens with two attached hydrogens (primary N) is 1. The van der Waals surface area contributed by atoms with Gasteiger partial charge in [0.15, 0.2) is 0 Å². The number of hydrogen-bond acceptors (Lipinski definition) is 2. The first kappa shape index (κ1) is 14.8. The van der Waals surface area contributed by atoms with Gasteiger partial charge in [0.25, 0.3) is 0 Å². The SMILES string of the molecule is Cl.NC1CCC(COc2cccc(Br)c2)CC1. The molecule has 1 saturated carbocycles. The predicted octanol–water partition coefficient (Wildman–Crippen LogP) is 3.77. The molecule has 0 atom stereocenters. The maximum absolute atomic E-state index is 5.88. The highest BCUT2D eigenvalue weighted by molar-refractivity contribution is 9.10. The third kappa shape index (κ3) is 4.86. The first-order chi connectivity index (χ1) is 7.74. The van der Waals surface area contributed by atoms with Crippen molar-refractivity contribution in [2.75, 3.05) is 6.61 Å². The van der Waals surface area contributed by atoms with Gasteiger partial charge in [-0.2, -0.15) is 0 Å². The van der Waals surface area contributed by atoms with E-state index in [9.17, 15) is 0 Å². The van der Waals surface area contributed by atoms with Crippen LogP contribution in [0.3, 0.4) is 0 Å². The van der Waals surface area contributed by atoms with Crippen molar-refractivity contribution in [1.29, 1.82) is 0 Å². The molecule has 1 aromatic carbocycles. The predicted molar refractivity (Wildman–Crippen MR) is 76.8 cm³/mol. The third-order valence-corrected chi connectivity index (χ3v) is 3.67. The molecule has 1 aliphatic rings.